The van der Waals surface area contributed by atoms with Crippen molar-refractivity contribution in [3.63, 3.8) is 0 Å². The number of nitro groups is 1. The van der Waals surface area contributed by atoms with Crippen molar-refractivity contribution < 1.29 is 14.8 Å². The lowest BCUT2D eigenvalue weighted by Crippen LogP contribution is -2.17. The molecule has 7 nitrogen and oxygen atoms in total. The molecule has 26 heavy (non-hydrogen) atoms. The van der Waals surface area contributed by atoms with Gasteiger partial charge < -0.3 is 5.11 Å². The molecule has 0 aliphatic rings. The summed E-state index contributed by atoms with van der Waals surface area (Å²) < 4.78 is 0. The zero-order valence-electron chi connectivity index (χ0n) is 13.2. The largest absolute Gasteiger partial charge is 0.507 e. The maximum atomic E-state index is 12.2. The molecule has 1 amide bonds. The van der Waals surface area contributed by atoms with Gasteiger partial charge in [0.15, 0.2) is 0 Å². The number of fused-ring (bicyclic) bond motifs is 1. The zero-order valence-corrected chi connectivity index (χ0v) is 14.0. The molecule has 0 atom stereocenters. The van der Waals surface area contributed by atoms with E-state index in [0.29, 0.717) is 0 Å². The molecule has 0 radical (unpaired) electrons. The second-order valence-electron chi connectivity index (χ2n) is 5.38. The van der Waals surface area contributed by atoms with Crippen molar-refractivity contribution in [1.29, 1.82) is 0 Å². The van der Waals surface area contributed by atoms with E-state index in [1.807, 2.05) is 24.3 Å². The van der Waals surface area contributed by atoms with E-state index in [1.165, 1.54) is 30.5 Å². The number of rotatable bonds is 4. The first-order valence-electron chi connectivity index (χ1n) is 7.45. The van der Waals surface area contributed by atoms with Crippen LogP contribution in [0.15, 0.2) is 59.7 Å². The van der Waals surface area contributed by atoms with Crippen LogP contribution in [0.4, 0.5) is 5.69 Å². The van der Waals surface area contributed by atoms with Gasteiger partial charge in [-0.15, -0.1) is 0 Å². The van der Waals surface area contributed by atoms with Crippen LogP contribution in [0, 0.1) is 10.1 Å². The maximum Gasteiger partial charge on any atom is 0.275 e. The maximum absolute atomic E-state index is 12.2. The molecule has 0 unspecified atom stereocenters. The number of aromatic hydroxyl groups is 1. The van der Waals surface area contributed by atoms with Crippen molar-refractivity contribution in [2.24, 2.45) is 5.10 Å². The lowest BCUT2D eigenvalue weighted by atomic mass is 10.1. The molecule has 8 heteroatoms. The molecule has 0 aliphatic heterocycles. The van der Waals surface area contributed by atoms with E-state index in [-0.39, 0.29) is 27.6 Å². The molecule has 2 N–H and O–H groups in total. The Balaban J connectivity index is 1.81. The summed E-state index contributed by atoms with van der Waals surface area (Å²) in [5, 5.41) is 26.4. The molecule has 3 rings (SSSR count). The van der Waals surface area contributed by atoms with Gasteiger partial charge in [-0.05, 0) is 29.0 Å². The Morgan fingerprint density at radius 1 is 1.15 bits per heavy atom. The third-order valence-corrected chi connectivity index (χ3v) is 4.01. The normalized spacial score (nSPS) is 11.0. The SMILES string of the molecule is O=C(N/N=C\c1cc([N+](=O)[O-])ccc1Cl)c1cc2ccccc2cc1O. The number of hydrogen-bond acceptors (Lipinski definition) is 5. The Bertz CT molecular complexity index is 1050. The first kappa shape index (κ1) is 17.4. The predicted molar refractivity (Wildman–Crippen MR) is 98.8 cm³/mol. The lowest BCUT2D eigenvalue weighted by Gasteiger charge is -2.05. The van der Waals surface area contributed by atoms with E-state index in [0.717, 1.165) is 10.8 Å². The van der Waals surface area contributed by atoms with Gasteiger partial charge in [0.2, 0.25) is 0 Å². The third kappa shape index (κ3) is 3.62. The van der Waals surface area contributed by atoms with Crippen LogP contribution in [0.25, 0.3) is 10.8 Å². The summed E-state index contributed by atoms with van der Waals surface area (Å²) in [7, 11) is 0. The molecule has 0 fully saturated rings. The van der Waals surface area contributed by atoms with E-state index in [1.54, 1.807) is 6.07 Å². The van der Waals surface area contributed by atoms with Crippen LogP contribution in [0.1, 0.15) is 15.9 Å². The highest BCUT2D eigenvalue weighted by molar-refractivity contribution is 6.33. The molecule has 0 spiro atoms. The van der Waals surface area contributed by atoms with Gasteiger partial charge in [-0.1, -0.05) is 35.9 Å². The van der Waals surface area contributed by atoms with Crippen molar-refractivity contribution in [1.82, 2.24) is 5.43 Å². The van der Waals surface area contributed by atoms with Crippen molar-refractivity contribution in [3.8, 4) is 5.75 Å². The molecule has 0 aromatic heterocycles. The fourth-order valence-electron chi connectivity index (χ4n) is 2.37. The number of nitro benzene ring substituents is 1. The van der Waals surface area contributed by atoms with Gasteiger partial charge in [-0.25, -0.2) is 5.43 Å². The highest BCUT2D eigenvalue weighted by atomic mass is 35.5. The van der Waals surface area contributed by atoms with Crippen LogP contribution < -0.4 is 5.43 Å². The van der Waals surface area contributed by atoms with Crippen molar-refractivity contribution in [2.75, 3.05) is 0 Å². The minimum Gasteiger partial charge on any atom is -0.507 e. The monoisotopic (exact) mass is 369 g/mol. The smallest absolute Gasteiger partial charge is 0.275 e. The Hall–Kier alpha value is -3.45. The Morgan fingerprint density at radius 2 is 1.85 bits per heavy atom. The topological polar surface area (TPSA) is 105 Å². The number of non-ortho nitro benzene ring substituents is 1. The van der Waals surface area contributed by atoms with Crippen molar-refractivity contribution >= 4 is 40.2 Å². The number of nitrogens with one attached hydrogen (secondary N) is 1. The molecule has 3 aromatic rings. The van der Waals surface area contributed by atoms with E-state index in [2.05, 4.69) is 10.5 Å². The van der Waals surface area contributed by atoms with Crippen LogP contribution in [-0.4, -0.2) is 22.2 Å². The average Bonchev–Trinajstić information content (AvgIpc) is 2.62. The fraction of sp³-hybridized carbons (Fsp3) is 0. The van der Waals surface area contributed by atoms with Crippen LogP contribution in [0.5, 0.6) is 5.75 Å². The van der Waals surface area contributed by atoms with Crippen LogP contribution in [0.3, 0.4) is 0 Å². The van der Waals surface area contributed by atoms with Gasteiger partial charge in [0, 0.05) is 22.7 Å². The number of halogens is 1. The molecule has 130 valence electrons. The number of hydrazone groups is 1. The number of carbonyl (C=O) groups is 1. The number of benzene rings is 3. The molecule has 0 aliphatic carbocycles. The molecule has 3 aromatic carbocycles. The highest BCUT2D eigenvalue weighted by Crippen LogP contribution is 2.25. The predicted octanol–water partition coefficient (Wildman–Crippen LogP) is 3.87. The van der Waals surface area contributed by atoms with E-state index in [9.17, 15) is 20.0 Å². The lowest BCUT2D eigenvalue weighted by molar-refractivity contribution is -0.384. The van der Waals surface area contributed by atoms with Gasteiger partial charge in [0.1, 0.15) is 5.75 Å². The van der Waals surface area contributed by atoms with Gasteiger partial charge in [-0.2, -0.15) is 5.10 Å². The van der Waals surface area contributed by atoms with Crippen molar-refractivity contribution in [3.05, 3.63) is 80.9 Å². The van der Waals surface area contributed by atoms with Gasteiger partial charge >= 0.3 is 0 Å². The summed E-state index contributed by atoms with van der Waals surface area (Å²) in [5.74, 6) is -0.796. The fourth-order valence-corrected chi connectivity index (χ4v) is 2.54. The second-order valence-corrected chi connectivity index (χ2v) is 5.79. The van der Waals surface area contributed by atoms with Crippen LogP contribution in [0.2, 0.25) is 5.02 Å². The summed E-state index contributed by atoms with van der Waals surface area (Å²) in [5.41, 5.74) is 2.47. The summed E-state index contributed by atoms with van der Waals surface area (Å²) >= 11 is 5.96. The number of phenolic OH excluding ortho intramolecular Hbond substituents is 1. The average molecular weight is 370 g/mol. The Morgan fingerprint density at radius 3 is 2.54 bits per heavy atom. The number of hydrogen-bond donors (Lipinski definition) is 2. The summed E-state index contributed by atoms with van der Waals surface area (Å²) in [6, 6.07) is 14.2. The van der Waals surface area contributed by atoms with Gasteiger partial charge in [0.05, 0.1) is 16.7 Å². The van der Waals surface area contributed by atoms with Crippen LogP contribution >= 0.6 is 11.6 Å². The highest BCUT2D eigenvalue weighted by Gasteiger charge is 2.12. The van der Waals surface area contributed by atoms with Gasteiger partial charge in [0.25, 0.3) is 11.6 Å². The standard InChI is InChI=1S/C18H12ClN3O4/c19-16-6-5-14(22(25)26)7-13(16)10-20-21-18(24)15-8-11-3-1-2-4-12(11)9-17(15)23/h1-10,23H,(H,21,24)/b20-10-. The van der Waals surface area contributed by atoms with Crippen molar-refractivity contribution in [2.45, 2.75) is 0 Å². The third-order valence-electron chi connectivity index (χ3n) is 3.67. The molecule has 0 bridgehead atoms. The minimum atomic E-state index is -0.619. The zero-order chi connectivity index (χ0) is 18.7. The van der Waals surface area contributed by atoms with E-state index < -0.39 is 10.8 Å². The van der Waals surface area contributed by atoms with E-state index >= 15 is 0 Å². The summed E-state index contributed by atoms with van der Waals surface area (Å²) in [4.78, 5) is 22.5. The molecule has 0 heterocycles. The number of nitrogens with zero attached hydrogens (tertiary/aromatic N) is 2. The molecular weight excluding hydrogens is 358 g/mol. The van der Waals surface area contributed by atoms with E-state index in [4.69, 9.17) is 11.6 Å². The molecular formula is C18H12ClN3O4. The number of amides is 1. The summed E-state index contributed by atoms with van der Waals surface area (Å²) in [6.45, 7) is 0. The molecule has 0 saturated carbocycles. The van der Waals surface area contributed by atoms with Crippen LogP contribution in [-0.2, 0) is 0 Å². The first-order valence-corrected chi connectivity index (χ1v) is 7.82. The quantitative estimate of drug-likeness (QED) is 0.413. The summed E-state index contributed by atoms with van der Waals surface area (Å²) in [6.07, 6.45) is 1.20. The first-order chi connectivity index (χ1) is 12.5. The second kappa shape index (κ2) is 7.20. The number of phenols is 1. The Kier molecular flexibility index (Phi) is 4.81. The minimum absolute atomic E-state index is 0.0611. The Labute approximate surface area is 152 Å². The molecule has 0 saturated heterocycles. The van der Waals surface area contributed by atoms with Gasteiger partial charge in [-0.3, -0.25) is 14.9 Å². The number of carbonyl (C=O) groups excluding carboxylic acids is 1.